The van der Waals surface area contributed by atoms with Crippen molar-refractivity contribution in [2.75, 3.05) is 26.4 Å². The van der Waals surface area contributed by atoms with Crippen LogP contribution in [0.3, 0.4) is 0 Å². The average molecular weight is 406 g/mol. The number of nitrogens with one attached hydrogen (secondary N) is 1. The van der Waals surface area contributed by atoms with Gasteiger partial charge in [-0.15, -0.1) is 0 Å². The molecule has 0 bridgehead atoms. The fraction of sp³-hybridized carbons (Fsp3) is 0.292. The van der Waals surface area contributed by atoms with E-state index in [-0.39, 0.29) is 0 Å². The number of pyridine rings is 1. The lowest BCUT2D eigenvalue weighted by Crippen LogP contribution is -2.14. The topological polar surface area (TPSA) is 61.8 Å². The first-order chi connectivity index (χ1) is 14.9. The third-order valence-electron chi connectivity index (χ3n) is 4.64. The van der Waals surface area contributed by atoms with Crippen molar-refractivity contribution in [3.05, 3.63) is 78.0 Å². The minimum Gasteiger partial charge on any atom is -0.490 e. The van der Waals surface area contributed by atoms with E-state index in [4.69, 9.17) is 18.9 Å². The van der Waals surface area contributed by atoms with E-state index in [2.05, 4.69) is 16.4 Å². The molecule has 1 aliphatic rings. The number of ether oxygens (including phenoxy) is 4. The van der Waals surface area contributed by atoms with Gasteiger partial charge in [0.1, 0.15) is 19.0 Å². The van der Waals surface area contributed by atoms with Crippen molar-refractivity contribution >= 4 is 0 Å². The Morgan fingerprint density at radius 3 is 2.57 bits per heavy atom. The van der Waals surface area contributed by atoms with Gasteiger partial charge >= 0.3 is 0 Å². The van der Waals surface area contributed by atoms with E-state index in [0.29, 0.717) is 45.4 Å². The van der Waals surface area contributed by atoms with Gasteiger partial charge in [-0.3, -0.25) is 0 Å². The summed E-state index contributed by atoms with van der Waals surface area (Å²) in [4.78, 5) is 4.37. The molecule has 0 aliphatic carbocycles. The third kappa shape index (κ3) is 5.64. The maximum absolute atomic E-state index is 5.87. The lowest BCUT2D eigenvalue weighted by molar-refractivity contribution is 0.212. The predicted octanol–water partition coefficient (Wildman–Crippen LogP) is 3.99. The fourth-order valence-corrected chi connectivity index (χ4v) is 3.16. The number of rotatable bonds is 9. The highest BCUT2D eigenvalue weighted by atomic mass is 16.5. The Morgan fingerprint density at radius 1 is 0.833 bits per heavy atom. The van der Waals surface area contributed by atoms with Crippen molar-refractivity contribution in [1.29, 1.82) is 0 Å². The number of aromatic nitrogens is 1. The van der Waals surface area contributed by atoms with Gasteiger partial charge < -0.3 is 24.3 Å². The zero-order chi connectivity index (χ0) is 20.4. The molecule has 1 aliphatic heterocycles. The van der Waals surface area contributed by atoms with Crippen LogP contribution in [0.15, 0.2) is 66.9 Å². The molecule has 0 atom stereocenters. The number of hydrogen-bond donors (Lipinski definition) is 1. The van der Waals surface area contributed by atoms with Gasteiger partial charge in [-0.2, -0.15) is 0 Å². The van der Waals surface area contributed by atoms with Crippen molar-refractivity contribution in [2.24, 2.45) is 0 Å². The maximum atomic E-state index is 5.87. The smallest absolute Gasteiger partial charge is 0.213 e. The molecule has 0 radical (unpaired) electrons. The SMILES string of the molecule is c1ccc(OCCOc2ccc(CNCc3cccc4c3OCCCO4)cn2)cc1. The predicted molar refractivity (Wildman–Crippen MR) is 114 cm³/mol. The molecule has 6 nitrogen and oxygen atoms in total. The largest absolute Gasteiger partial charge is 0.490 e. The monoisotopic (exact) mass is 406 g/mol. The first-order valence-electron chi connectivity index (χ1n) is 10.2. The number of benzene rings is 2. The van der Waals surface area contributed by atoms with Crippen molar-refractivity contribution in [1.82, 2.24) is 10.3 Å². The van der Waals surface area contributed by atoms with E-state index in [1.807, 2.05) is 60.8 Å². The van der Waals surface area contributed by atoms with Crippen molar-refractivity contribution in [3.8, 4) is 23.1 Å². The lowest BCUT2D eigenvalue weighted by Gasteiger charge is -2.13. The quantitative estimate of drug-likeness (QED) is 0.542. The van der Waals surface area contributed by atoms with Crippen LogP contribution in [0.5, 0.6) is 23.1 Å². The molecule has 0 saturated heterocycles. The molecule has 156 valence electrons. The van der Waals surface area contributed by atoms with Crippen molar-refractivity contribution in [2.45, 2.75) is 19.5 Å². The highest BCUT2D eigenvalue weighted by Crippen LogP contribution is 2.33. The number of para-hydroxylation sites is 2. The van der Waals surface area contributed by atoms with Gasteiger partial charge in [0.25, 0.3) is 0 Å². The normalized spacial score (nSPS) is 12.8. The van der Waals surface area contributed by atoms with Crippen LogP contribution in [0.1, 0.15) is 17.5 Å². The van der Waals surface area contributed by atoms with Crippen LogP contribution >= 0.6 is 0 Å². The number of hydrogen-bond acceptors (Lipinski definition) is 6. The van der Waals surface area contributed by atoms with Crippen LogP contribution in [0.4, 0.5) is 0 Å². The Bertz CT molecular complexity index is 916. The minimum atomic E-state index is 0.445. The molecule has 0 unspecified atom stereocenters. The second kappa shape index (κ2) is 10.5. The summed E-state index contributed by atoms with van der Waals surface area (Å²) in [5, 5.41) is 3.44. The minimum absolute atomic E-state index is 0.445. The lowest BCUT2D eigenvalue weighted by atomic mass is 10.1. The third-order valence-corrected chi connectivity index (χ3v) is 4.64. The van der Waals surface area contributed by atoms with E-state index < -0.39 is 0 Å². The average Bonchev–Trinajstić information content (AvgIpc) is 3.05. The molecule has 0 saturated carbocycles. The molecule has 0 spiro atoms. The maximum Gasteiger partial charge on any atom is 0.213 e. The van der Waals surface area contributed by atoms with E-state index in [1.54, 1.807) is 0 Å². The van der Waals surface area contributed by atoms with Gasteiger partial charge in [0, 0.05) is 37.3 Å². The van der Waals surface area contributed by atoms with Crippen LogP contribution in [0, 0.1) is 0 Å². The van der Waals surface area contributed by atoms with Crippen LogP contribution in [-0.2, 0) is 13.1 Å². The van der Waals surface area contributed by atoms with Crippen molar-refractivity contribution in [3.63, 3.8) is 0 Å². The molecule has 0 amide bonds. The highest BCUT2D eigenvalue weighted by molar-refractivity contribution is 5.47. The first-order valence-corrected chi connectivity index (χ1v) is 10.2. The second-order valence-corrected chi connectivity index (χ2v) is 6.91. The van der Waals surface area contributed by atoms with Gasteiger partial charge in [-0.1, -0.05) is 36.4 Å². The Kier molecular flexibility index (Phi) is 7.02. The summed E-state index contributed by atoms with van der Waals surface area (Å²) in [5.41, 5.74) is 2.18. The summed E-state index contributed by atoms with van der Waals surface area (Å²) >= 11 is 0. The van der Waals surface area contributed by atoms with Gasteiger partial charge in [0.05, 0.1) is 13.2 Å². The van der Waals surface area contributed by atoms with Gasteiger partial charge in [0.15, 0.2) is 11.5 Å². The van der Waals surface area contributed by atoms with E-state index in [0.717, 1.165) is 34.8 Å². The van der Waals surface area contributed by atoms with Crippen molar-refractivity contribution < 1.29 is 18.9 Å². The second-order valence-electron chi connectivity index (χ2n) is 6.91. The van der Waals surface area contributed by atoms with Crippen LogP contribution in [0.25, 0.3) is 0 Å². The van der Waals surface area contributed by atoms with Gasteiger partial charge in [0.2, 0.25) is 5.88 Å². The van der Waals surface area contributed by atoms with Gasteiger partial charge in [-0.05, 0) is 23.8 Å². The molecular weight excluding hydrogens is 380 g/mol. The van der Waals surface area contributed by atoms with E-state index >= 15 is 0 Å². The molecule has 30 heavy (non-hydrogen) atoms. The summed E-state index contributed by atoms with van der Waals surface area (Å²) in [6.45, 7) is 3.70. The standard InChI is InChI=1S/C24H26N2O4/c1-2-7-21(8-3-1)27-14-15-29-23-11-10-19(17-26-23)16-25-18-20-6-4-9-22-24(20)30-13-5-12-28-22/h1-4,6-11,17,25H,5,12-16,18H2. The Balaban J connectivity index is 1.21. The molecule has 1 N–H and O–H groups in total. The summed E-state index contributed by atoms with van der Waals surface area (Å²) in [6, 6.07) is 19.6. The Morgan fingerprint density at radius 2 is 1.70 bits per heavy atom. The molecular formula is C24H26N2O4. The molecule has 1 aromatic heterocycles. The summed E-state index contributed by atoms with van der Waals surface area (Å²) in [7, 11) is 0. The van der Waals surface area contributed by atoms with Crippen LogP contribution < -0.4 is 24.3 Å². The number of nitrogens with zero attached hydrogens (tertiary/aromatic N) is 1. The molecule has 6 heteroatoms. The Hall–Kier alpha value is -3.25. The molecule has 2 heterocycles. The number of fused-ring (bicyclic) bond motifs is 1. The first kappa shape index (κ1) is 20.0. The van der Waals surface area contributed by atoms with E-state index in [9.17, 15) is 0 Å². The zero-order valence-corrected chi connectivity index (χ0v) is 16.9. The van der Waals surface area contributed by atoms with Crippen LogP contribution in [-0.4, -0.2) is 31.4 Å². The summed E-state index contributed by atoms with van der Waals surface area (Å²) in [6.07, 6.45) is 2.73. The van der Waals surface area contributed by atoms with Gasteiger partial charge in [-0.25, -0.2) is 4.98 Å². The van der Waals surface area contributed by atoms with E-state index in [1.165, 1.54) is 0 Å². The zero-order valence-electron chi connectivity index (χ0n) is 16.9. The molecule has 0 fully saturated rings. The molecule has 3 aromatic rings. The molecule has 2 aromatic carbocycles. The summed E-state index contributed by atoms with van der Waals surface area (Å²) < 4.78 is 22.9. The van der Waals surface area contributed by atoms with Crippen LogP contribution in [0.2, 0.25) is 0 Å². The fourth-order valence-electron chi connectivity index (χ4n) is 3.16. The molecule has 4 rings (SSSR count). The Labute approximate surface area is 176 Å². The highest BCUT2D eigenvalue weighted by Gasteiger charge is 2.14. The summed E-state index contributed by atoms with van der Waals surface area (Å²) in [5.74, 6) is 3.10.